The van der Waals surface area contributed by atoms with Crippen LogP contribution in [0, 0.1) is 12.8 Å². The number of nitrogens with zero attached hydrogens (tertiary/aromatic N) is 5. The van der Waals surface area contributed by atoms with Crippen LogP contribution in [-0.4, -0.2) is 71.0 Å². The van der Waals surface area contributed by atoms with Crippen LogP contribution < -0.4 is 10.6 Å². The summed E-state index contributed by atoms with van der Waals surface area (Å²) in [6.45, 7) is 11.4. The van der Waals surface area contributed by atoms with Crippen molar-refractivity contribution in [1.29, 1.82) is 0 Å². The number of carbonyl (C=O) groups is 1. The number of likely N-dealkylation sites (tertiary alicyclic amines) is 1. The number of carbonyl (C=O) groups excluding carboxylic acids is 1. The second-order valence-corrected chi connectivity index (χ2v) is 7.47. The van der Waals surface area contributed by atoms with E-state index in [1.165, 1.54) is 0 Å². The van der Waals surface area contributed by atoms with Crippen molar-refractivity contribution >= 4 is 17.7 Å². The first-order valence-electron chi connectivity index (χ1n) is 9.33. The van der Waals surface area contributed by atoms with Gasteiger partial charge < -0.3 is 20.4 Å². The van der Waals surface area contributed by atoms with Crippen molar-refractivity contribution in [3.05, 3.63) is 11.8 Å². The van der Waals surface area contributed by atoms with Gasteiger partial charge in [0.15, 0.2) is 0 Å². The summed E-state index contributed by atoms with van der Waals surface area (Å²) >= 11 is 0. The number of nitrogen functional groups attached to an aromatic ring is 1. The quantitative estimate of drug-likeness (QED) is 0.884. The molecule has 2 aliphatic heterocycles. The molecule has 0 unspecified atom stereocenters. The molecule has 2 N–H and O–H groups in total. The smallest absolute Gasteiger partial charge is 0.227 e. The van der Waals surface area contributed by atoms with Crippen molar-refractivity contribution < 1.29 is 4.79 Å². The Morgan fingerprint density at radius 1 is 1.20 bits per heavy atom. The zero-order valence-corrected chi connectivity index (χ0v) is 15.6. The summed E-state index contributed by atoms with van der Waals surface area (Å²) in [5.41, 5.74) is 6.63. The summed E-state index contributed by atoms with van der Waals surface area (Å²) < 4.78 is 0. The van der Waals surface area contributed by atoms with E-state index in [2.05, 4.69) is 33.6 Å². The van der Waals surface area contributed by atoms with Gasteiger partial charge in [0.05, 0.1) is 5.92 Å². The van der Waals surface area contributed by atoms with Crippen LogP contribution >= 0.6 is 0 Å². The molecule has 1 aromatic heterocycles. The van der Waals surface area contributed by atoms with E-state index >= 15 is 0 Å². The van der Waals surface area contributed by atoms with Gasteiger partial charge in [0.25, 0.3) is 0 Å². The first kappa shape index (κ1) is 17.9. The molecule has 0 bridgehead atoms. The van der Waals surface area contributed by atoms with Gasteiger partial charge in [0, 0.05) is 50.5 Å². The van der Waals surface area contributed by atoms with Crippen LogP contribution in [0.1, 0.15) is 32.4 Å². The molecule has 0 radical (unpaired) electrons. The zero-order valence-electron chi connectivity index (χ0n) is 15.6. The molecule has 138 valence electrons. The molecular weight excluding hydrogens is 316 g/mol. The van der Waals surface area contributed by atoms with Crippen LogP contribution in [0.15, 0.2) is 6.07 Å². The fourth-order valence-corrected chi connectivity index (χ4v) is 3.83. The predicted octanol–water partition coefficient (Wildman–Crippen LogP) is 1.14. The Balaban J connectivity index is 1.57. The number of amides is 1. The fourth-order valence-electron chi connectivity index (χ4n) is 3.83. The average molecular weight is 346 g/mol. The van der Waals surface area contributed by atoms with E-state index in [9.17, 15) is 4.79 Å². The first-order chi connectivity index (χ1) is 11.9. The average Bonchev–Trinajstić information content (AvgIpc) is 2.60. The Morgan fingerprint density at radius 3 is 2.56 bits per heavy atom. The number of piperazine rings is 1. The molecule has 0 saturated carbocycles. The van der Waals surface area contributed by atoms with Crippen LogP contribution in [0.4, 0.5) is 11.8 Å². The third-order valence-electron chi connectivity index (χ3n) is 5.31. The lowest BCUT2D eigenvalue weighted by Gasteiger charge is -2.40. The van der Waals surface area contributed by atoms with E-state index in [1.807, 2.05) is 17.9 Å². The number of rotatable bonds is 3. The van der Waals surface area contributed by atoms with Crippen LogP contribution in [0.2, 0.25) is 0 Å². The monoisotopic (exact) mass is 346 g/mol. The molecule has 3 heterocycles. The Kier molecular flexibility index (Phi) is 5.42. The van der Waals surface area contributed by atoms with E-state index < -0.39 is 0 Å². The fraction of sp³-hybridized carbons (Fsp3) is 0.722. The second-order valence-electron chi connectivity index (χ2n) is 7.47. The number of aryl methyl sites for hydroxylation is 1. The van der Waals surface area contributed by atoms with Crippen molar-refractivity contribution in [3.63, 3.8) is 0 Å². The normalized spacial score (nSPS) is 22.5. The Morgan fingerprint density at radius 2 is 1.92 bits per heavy atom. The molecule has 2 aliphatic rings. The summed E-state index contributed by atoms with van der Waals surface area (Å²) in [7, 11) is 0. The highest BCUT2D eigenvalue weighted by molar-refractivity contribution is 5.79. The van der Waals surface area contributed by atoms with Crippen LogP contribution in [0.5, 0.6) is 0 Å². The Bertz CT molecular complexity index is 591. The predicted molar refractivity (Wildman–Crippen MR) is 99.4 cm³/mol. The van der Waals surface area contributed by atoms with Gasteiger partial charge in [-0.15, -0.1) is 0 Å². The van der Waals surface area contributed by atoms with Crippen molar-refractivity contribution in [3.8, 4) is 0 Å². The molecule has 1 aromatic rings. The number of hydrogen-bond acceptors (Lipinski definition) is 6. The van der Waals surface area contributed by atoms with Gasteiger partial charge in [-0.1, -0.05) is 0 Å². The summed E-state index contributed by atoms with van der Waals surface area (Å²) in [6.07, 6.45) is 2.14. The number of hydrogen-bond donors (Lipinski definition) is 1. The number of piperidine rings is 1. The molecule has 1 amide bonds. The van der Waals surface area contributed by atoms with E-state index in [-0.39, 0.29) is 5.92 Å². The Labute approximate surface area is 150 Å². The molecule has 7 heteroatoms. The van der Waals surface area contributed by atoms with Crippen molar-refractivity contribution in [2.75, 3.05) is 49.9 Å². The number of anilines is 2. The molecule has 0 aromatic carbocycles. The summed E-state index contributed by atoms with van der Waals surface area (Å²) in [4.78, 5) is 28.0. The highest BCUT2D eigenvalue weighted by Crippen LogP contribution is 2.22. The van der Waals surface area contributed by atoms with E-state index in [0.29, 0.717) is 17.9 Å². The maximum Gasteiger partial charge on any atom is 0.227 e. The maximum absolute atomic E-state index is 12.9. The van der Waals surface area contributed by atoms with Crippen LogP contribution in [0.25, 0.3) is 0 Å². The summed E-state index contributed by atoms with van der Waals surface area (Å²) in [5, 5.41) is 0. The lowest BCUT2D eigenvalue weighted by Crippen LogP contribution is -2.53. The zero-order chi connectivity index (χ0) is 18.0. The van der Waals surface area contributed by atoms with Crippen molar-refractivity contribution in [2.45, 2.75) is 39.7 Å². The molecule has 2 saturated heterocycles. The van der Waals surface area contributed by atoms with Gasteiger partial charge in [0.1, 0.15) is 5.82 Å². The molecule has 0 aliphatic carbocycles. The number of aromatic nitrogens is 2. The summed E-state index contributed by atoms with van der Waals surface area (Å²) in [5.74, 6) is 1.65. The third-order valence-corrected chi connectivity index (χ3v) is 5.31. The molecule has 2 fully saturated rings. The second kappa shape index (κ2) is 7.56. The molecule has 3 rings (SSSR count). The first-order valence-corrected chi connectivity index (χ1v) is 9.33. The van der Waals surface area contributed by atoms with Gasteiger partial charge in [-0.2, -0.15) is 4.98 Å². The minimum absolute atomic E-state index is 0.152. The minimum atomic E-state index is 0.152. The van der Waals surface area contributed by atoms with E-state index in [4.69, 9.17) is 5.73 Å². The van der Waals surface area contributed by atoms with E-state index in [0.717, 1.165) is 63.6 Å². The van der Waals surface area contributed by atoms with Crippen LogP contribution in [-0.2, 0) is 4.79 Å². The molecule has 25 heavy (non-hydrogen) atoms. The lowest BCUT2D eigenvalue weighted by molar-refractivity contribution is -0.137. The van der Waals surface area contributed by atoms with Crippen molar-refractivity contribution in [1.82, 2.24) is 19.8 Å². The molecule has 0 spiro atoms. The summed E-state index contributed by atoms with van der Waals surface area (Å²) in [6, 6.07) is 2.47. The molecule has 7 nitrogen and oxygen atoms in total. The SMILES string of the molecule is Cc1cc(N2CCN(C(=O)[C@@H]3CCCN(C(C)C)C3)CC2)nc(N)n1. The van der Waals surface area contributed by atoms with Crippen molar-refractivity contribution in [2.24, 2.45) is 5.92 Å². The Hall–Kier alpha value is -1.89. The van der Waals surface area contributed by atoms with Gasteiger partial charge in [-0.3, -0.25) is 4.79 Å². The number of nitrogens with two attached hydrogens (primary N) is 1. The highest BCUT2D eigenvalue weighted by atomic mass is 16.2. The standard InChI is InChI=1S/C18H30N6O/c1-13(2)24-6-4-5-15(12-24)17(25)23-9-7-22(8-10-23)16-11-14(3)20-18(19)21-16/h11,13,15H,4-10,12H2,1-3H3,(H2,19,20,21)/t15-/m1/s1. The highest BCUT2D eigenvalue weighted by Gasteiger charge is 2.31. The lowest BCUT2D eigenvalue weighted by atomic mass is 9.95. The van der Waals surface area contributed by atoms with E-state index in [1.54, 1.807) is 0 Å². The van der Waals surface area contributed by atoms with Crippen LogP contribution in [0.3, 0.4) is 0 Å². The largest absolute Gasteiger partial charge is 0.368 e. The van der Waals surface area contributed by atoms with Gasteiger partial charge >= 0.3 is 0 Å². The third kappa shape index (κ3) is 4.21. The van der Waals surface area contributed by atoms with Gasteiger partial charge in [-0.05, 0) is 40.2 Å². The minimum Gasteiger partial charge on any atom is -0.368 e. The van der Waals surface area contributed by atoms with Gasteiger partial charge in [0.2, 0.25) is 11.9 Å². The van der Waals surface area contributed by atoms with Gasteiger partial charge in [-0.25, -0.2) is 4.98 Å². The molecule has 1 atom stereocenters. The maximum atomic E-state index is 12.9. The molecular formula is C18H30N6O. The topological polar surface area (TPSA) is 78.6 Å².